The molecule has 0 aliphatic heterocycles. The van der Waals surface area contributed by atoms with E-state index < -0.39 is 5.63 Å². The SMILES string of the molecule is CCOC(=O)Cc1nnc(SCc2cc(=O)oc3cc(C)c(C)cc23)n1Cc1ccco1. The van der Waals surface area contributed by atoms with E-state index in [1.165, 1.54) is 17.8 Å². The van der Waals surface area contributed by atoms with Crippen LogP contribution in [0.2, 0.25) is 0 Å². The van der Waals surface area contributed by atoms with Crippen molar-refractivity contribution in [2.45, 2.75) is 44.6 Å². The Morgan fingerprint density at radius 1 is 1.19 bits per heavy atom. The van der Waals surface area contributed by atoms with Crippen LogP contribution in [0.3, 0.4) is 0 Å². The van der Waals surface area contributed by atoms with E-state index in [2.05, 4.69) is 10.2 Å². The van der Waals surface area contributed by atoms with Crippen molar-refractivity contribution in [2.24, 2.45) is 0 Å². The molecule has 3 heterocycles. The highest BCUT2D eigenvalue weighted by atomic mass is 32.2. The van der Waals surface area contributed by atoms with Gasteiger partial charge in [-0.15, -0.1) is 10.2 Å². The van der Waals surface area contributed by atoms with Gasteiger partial charge in [0.1, 0.15) is 23.6 Å². The largest absolute Gasteiger partial charge is 0.467 e. The van der Waals surface area contributed by atoms with E-state index in [1.807, 2.05) is 36.6 Å². The lowest BCUT2D eigenvalue weighted by atomic mass is 10.0. The van der Waals surface area contributed by atoms with E-state index in [0.717, 1.165) is 22.1 Å². The van der Waals surface area contributed by atoms with Gasteiger partial charge in [-0.3, -0.25) is 9.36 Å². The second-order valence-corrected chi connectivity index (χ2v) is 8.30. The summed E-state index contributed by atoms with van der Waals surface area (Å²) < 4.78 is 17.8. The lowest BCUT2D eigenvalue weighted by Crippen LogP contribution is -2.14. The van der Waals surface area contributed by atoms with Crippen molar-refractivity contribution in [1.82, 2.24) is 14.8 Å². The average Bonchev–Trinajstić information content (AvgIpc) is 3.39. The van der Waals surface area contributed by atoms with Gasteiger partial charge in [-0.25, -0.2) is 4.79 Å². The highest BCUT2D eigenvalue weighted by Crippen LogP contribution is 2.28. The van der Waals surface area contributed by atoms with Crippen LogP contribution in [0.25, 0.3) is 11.0 Å². The van der Waals surface area contributed by atoms with Crippen LogP contribution in [-0.4, -0.2) is 27.3 Å². The van der Waals surface area contributed by atoms with Crippen LogP contribution in [0.4, 0.5) is 0 Å². The number of hydrogen-bond acceptors (Lipinski definition) is 8. The predicted molar refractivity (Wildman–Crippen MR) is 120 cm³/mol. The summed E-state index contributed by atoms with van der Waals surface area (Å²) in [5, 5.41) is 10.00. The number of carbonyl (C=O) groups is 1. The number of aromatic nitrogens is 3. The summed E-state index contributed by atoms with van der Waals surface area (Å²) in [5.41, 5.74) is 3.21. The Kier molecular flexibility index (Phi) is 6.45. The normalized spacial score (nSPS) is 11.2. The first-order chi connectivity index (χ1) is 15.4. The first-order valence-corrected chi connectivity index (χ1v) is 11.2. The van der Waals surface area contributed by atoms with Crippen molar-refractivity contribution in [3.63, 3.8) is 0 Å². The molecule has 0 fully saturated rings. The van der Waals surface area contributed by atoms with Gasteiger partial charge in [0.2, 0.25) is 0 Å². The third kappa shape index (κ3) is 4.77. The van der Waals surface area contributed by atoms with Gasteiger partial charge in [0.05, 0.1) is 19.4 Å². The van der Waals surface area contributed by atoms with Crippen LogP contribution in [0.15, 0.2) is 55.4 Å². The molecular weight excluding hydrogens is 430 g/mol. The first kappa shape index (κ1) is 21.9. The summed E-state index contributed by atoms with van der Waals surface area (Å²) in [6.45, 7) is 6.45. The molecule has 4 aromatic rings. The van der Waals surface area contributed by atoms with Crippen LogP contribution in [0.5, 0.6) is 0 Å². The molecule has 0 aliphatic rings. The highest BCUT2D eigenvalue weighted by Gasteiger charge is 2.18. The van der Waals surface area contributed by atoms with Crippen molar-refractivity contribution in [3.05, 3.63) is 75.3 Å². The van der Waals surface area contributed by atoms with Crippen molar-refractivity contribution >= 4 is 28.7 Å². The molecule has 8 nitrogen and oxygen atoms in total. The maximum atomic E-state index is 12.1. The molecule has 1 aromatic carbocycles. The van der Waals surface area contributed by atoms with Gasteiger partial charge in [0, 0.05) is 17.2 Å². The number of hydrogen-bond donors (Lipinski definition) is 0. The van der Waals surface area contributed by atoms with Gasteiger partial charge in [-0.05, 0) is 61.7 Å². The number of fused-ring (bicyclic) bond motifs is 1. The number of aryl methyl sites for hydroxylation is 2. The number of furan rings is 1. The zero-order chi connectivity index (χ0) is 22.7. The van der Waals surface area contributed by atoms with E-state index in [4.69, 9.17) is 13.6 Å². The van der Waals surface area contributed by atoms with Crippen molar-refractivity contribution < 1.29 is 18.4 Å². The van der Waals surface area contributed by atoms with Crippen molar-refractivity contribution in [3.8, 4) is 0 Å². The molecule has 0 amide bonds. The first-order valence-electron chi connectivity index (χ1n) is 10.2. The lowest BCUT2D eigenvalue weighted by Gasteiger charge is -2.10. The molecule has 0 spiro atoms. The fraction of sp³-hybridized carbons (Fsp3) is 0.304. The second kappa shape index (κ2) is 9.44. The van der Waals surface area contributed by atoms with E-state index in [-0.39, 0.29) is 12.4 Å². The van der Waals surface area contributed by atoms with E-state index in [1.54, 1.807) is 19.3 Å². The Labute approximate surface area is 188 Å². The van der Waals surface area contributed by atoms with Crippen LogP contribution in [-0.2, 0) is 28.2 Å². The molecule has 0 N–H and O–H groups in total. The zero-order valence-electron chi connectivity index (χ0n) is 18.1. The number of nitrogens with zero attached hydrogens (tertiary/aromatic N) is 3. The van der Waals surface area contributed by atoms with Gasteiger partial charge in [-0.2, -0.15) is 0 Å². The van der Waals surface area contributed by atoms with E-state index in [0.29, 0.717) is 41.2 Å². The Hall–Kier alpha value is -3.33. The van der Waals surface area contributed by atoms with Crippen LogP contribution in [0, 0.1) is 13.8 Å². The van der Waals surface area contributed by atoms with Crippen LogP contribution >= 0.6 is 11.8 Å². The summed E-state index contributed by atoms with van der Waals surface area (Å²) in [5.74, 6) is 1.33. The van der Waals surface area contributed by atoms with E-state index >= 15 is 0 Å². The van der Waals surface area contributed by atoms with Crippen molar-refractivity contribution in [2.75, 3.05) is 6.61 Å². The average molecular weight is 454 g/mol. The molecule has 0 atom stereocenters. The van der Waals surface area contributed by atoms with Crippen molar-refractivity contribution in [1.29, 1.82) is 0 Å². The molecule has 9 heteroatoms. The number of ether oxygens (including phenoxy) is 1. The molecule has 32 heavy (non-hydrogen) atoms. The zero-order valence-corrected chi connectivity index (χ0v) is 18.9. The number of rotatable bonds is 8. The summed E-state index contributed by atoms with van der Waals surface area (Å²) in [4.78, 5) is 24.1. The molecule has 166 valence electrons. The molecule has 3 aromatic heterocycles. The maximum absolute atomic E-state index is 12.1. The summed E-state index contributed by atoms with van der Waals surface area (Å²) in [6.07, 6.45) is 1.61. The highest BCUT2D eigenvalue weighted by molar-refractivity contribution is 7.98. The molecule has 0 saturated carbocycles. The molecule has 0 unspecified atom stereocenters. The van der Waals surface area contributed by atoms with Gasteiger partial charge >= 0.3 is 11.6 Å². The van der Waals surface area contributed by atoms with Gasteiger partial charge in [0.15, 0.2) is 5.16 Å². The molecule has 0 aliphatic carbocycles. The van der Waals surface area contributed by atoms with Gasteiger partial charge in [0.25, 0.3) is 0 Å². The minimum atomic E-state index is -0.392. The van der Waals surface area contributed by atoms with Crippen LogP contribution < -0.4 is 5.63 Å². The third-order valence-electron chi connectivity index (χ3n) is 5.10. The molecule has 4 rings (SSSR count). The third-order valence-corrected chi connectivity index (χ3v) is 6.11. The lowest BCUT2D eigenvalue weighted by molar-refractivity contribution is -0.142. The number of carbonyl (C=O) groups excluding carboxylic acids is 1. The Morgan fingerprint density at radius 3 is 2.75 bits per heavy atom. The second-order valence-electron chi connectivity index (χ2n) is 7.36. The van der Waals surface area contributed by atoms with Gasteiger partial charge < -0.3 is 13.6 Å². The number of benzene rings is 1. The predicted octanol–water partition coefficient (Wildman–Crippen LogP) is 4.04. The standard InChI is InChI=1S/C23H23N3O5S/c1-4-29-21(27)11-20-24-25-23(26(20)12-17-6-5-7-30-17)32-13-16-10-22(28)31-19-9-15(3)14(2)8-18(16)19/h5-10H,4,11-13H2,1-3H3. The smallest absolute Gasteiger partial charge is 0.336 e. The van der Waals surface area contributed by atoms with Crippen LogP contribution in [0.1, 0.15) is 35.2 Å². The minimum Gasteiger partial charge on any atom is -0.467 e. The maximum Gasteiger partial charge on any atom is 0.336 e. The topological polar surface area (TPSA) is 100 Å². The molecular formula is C23H23N3O5S. The minimum absolute atomic E-state index is 0.0123. The number of thioether (sulfide) groups is 1. The Morgan fingerprint density at radius 2 is 2.00 bits per heavy atom. The van der Waals surface area contributed by atoms with E-state index in [9.17, 15) is 9.59 Å². The van der Waals surface area contributed by atoms with Gasteiger partial charge in [-0.1, -0.05) is 11.8 Å². The summed E-state index contributed by atoms with van der Waals surface area (Å²) >= 11 is 1.43. The Bertz CT molecular complexity index is 1310. The summed E-state index contributed by atoms with van der Waals surface area (Å²) in [6, 6.07) is 9.08. The quantitative estimate of drug-likeness (QED) is 0.224. The monoisotopic (exact) mass is 453 g/mol. The Balaban J connectivity index is 1.64. The summed E-state index contributed by atoms with van der Waals surface area (Å²) in [7, 11) is 0. The molecule has 0 radical (unpaired) electrons. The fourth-order valence-electron chi connectivity index (χ4n) is 3.36. The molecule has 0 bridgehead atoms. The number of esters is 1. The molecule has 0 saturated heterocycles. The fourth-order valence-corrected chi connectivity index (χ4v) is 4.31.